The van der Waals surface area contributed by atoms with E-state index in [2.05, 4.69) is 48.0 Å². The third-order valence-electron chi connectivity index (χ3n) is 5.60. The maximum atomic E-state index is 12.4. The van der Waals surface area contributed by atoms with Gasteiger partial charge in [0.05, 0.1) is 29.9 Å². The summed E-state index contributed by atoms with van der Waals surface area (Å²) in [4.78, 5) is 17.2. The van der Waals surface area contributed by atoms with Gasteiger partial charge < -0.3 is 19.0 Å². The maximum Gasteiger partial charge on any atom is 0.287 e. The number of imidazole rings is 1. The molecule has 2 aromatic heterocycles. The quantitative estimate of drug-likeness (QED) is 0.350. The number of hydrogen-bond donors (Lipinski definition) is 1. The van der Waals surface area contributed by atoms with Gasteiger partial charge in [0, 0.05) is 6.54 Å². The van der Waals surface area contributed by atoms with Crippen LogP contribution in [0.1, 0.15) is 53.3 Å². The number of rotatable bonds is 9. The third-order valence-corrected chi connectivity index (χ3v) is 5.60. The molecule has 1 N–H and O–H groups in total. The van der Waals surface area contributed by atoms with E-state index in [0.717, 1.165) is 53.1 Å². The summed E-state index contributed by atoms with van der Waals surface area (Å²) in [6.07, 6.45) is 3.36. The number of unbranched alkanes of at least 4 members (excludes halogenated alkanes) is 1. The average Bonchev–Trinajstić information content (AvgIpc) is 3.44. The lowest BCUT2D eigenvalue weighted by Crippen LogP contribution is -2.28. The Morgan fingerprint density at radius 2 is 1.84 bits per heavy atom. The molecule has 0 radical (unpaired) electrons. The third kappa shape index (κ3) is 4.69. The summed E-state index contributed by atoms with van der Waals surface area (Å²) in [5.74, 6) is 1.86. The van der Waals surface area contributed by atoms with Gasteiger partial charge in [0.15, 0.2) is 5.76 Å². The zero-order chi connectivity index (χ0) is 22.5. The van der Waals surface area contributed by atoms with Gasteiger partial charge in [-0.3, -0.25) is 4.79 Å². The number of aromatic nitrogens is 2. The van der Waals surface area contributed by atoms with Crippen LogP contribution in [0.5, 0.6) is 5.75 Å². The highest BCUT2D eigenvalue weighted by molar-refractivity contribution is 5.91. The van der Waals surface area contributed by atoms with Crippen molar-refractivity contribution in [1.82, 2.24) is 14.9 Å². The first-order chi connectivity index (χ1) is 15.5. The van der Waals surface area contributed by atoms with E-state index in [1.807, 2.05) is 25.1 Å². The van der Waals surface area contributed by atoms with Crippen LogP contribution < -0.4 is 10.1 Å². The van der Waals surface area contributed by atoms with Crippen molar-refractivity contribution in [2.45, 2.75) is 46.2 Å². The Labute approximate surface area is 188 Å². The van der Waals surface area contributed by atoms with E-state index in [9.17, 15) is 4.79 Å². The molecule has 0 fully saturated rings. The first-order valence-electron chi connectivity index (χ1n) is 11.0. The van der Waals surface area contributed by atoms with Gasteiger partial charge in [-0.05, 0) is 69.0 Å². The van der Waals surface area contributed by atoms with Crippen LogP contribution in [0.2, 0.25) is 0 Å². The fraction of sp³-hybridized carbons (Fsp3) is 0.308. The molecule has 32 heavy (non-hydrogen) atoms. The highest BCUT2D eigenvalue weighted by atomic mass is 16.5. The zero-order valence-corrected chi connectivity index (χ0v) is 18.8. The monoisotopic (exact) mass is 431 g/mol. The van der Waals surface area contributed by atoms with E-state index >= 15 is 0 Å². The number of hydrogen-bond acceptors (Lipinski definition) is 4. The van der Waals surface area contributed by atoms with Crippen molar-refractivity contribution in [2.24, 2.45) is 0 Å². The van der Waals surface area contributed by atoms with Gasteiger partial charge in [-0.25, -0.2) is 4.98 Å². The minimum atomic E-state index is -0.258. The van der Waals surface area contributed by atoms with E-state index in [-0.39, 0.29) is 11.9 Å². The van der Waals surface area contributed by atoms with Crippen molar-refractivity contribution in [3.63, 3.8) is 0 Å². The Bertz CT molecular complexity index is 1170. The fourth-order valence-electron chi connectivity index (χ4n) is 3.97. The summed E-state index contributed by atoms with van der Waals surface area (Å²) < 4.78 is 13.5. The predicted molar refractivity (Wildman–Crippen MR) is 125 cm³/mol. The normalized spacial score (nSPS) is 12.1. The standard InChI is InChI=1S/C26H29N3O3/c1-18-10-8-11-19(2)24(18)32-16-7-6-15-29-22-13-5-4-12-21(22)28-25(29)20(3)27-26(30)23-14-9-17-31-23/h4-5,8-14,17,20H,6-7,15-16H2,1-3H3,(H,27,30). The highest BCUT2D eigenvalue weighted by Gasteiger charge is 2.20. The second-order valence-electron chi connectivity index (χ2n) is 8.06. The Morgan fingerprint density at radius 3 is 2.59 bits per heavy atom. The molecular formula is C26H29N3O3. The molecule has 2 aromatic carbocycles. The molecule has 1 unspecified atom stereocenters. The van der Waals surface area contributed by atoms with Crippen molar-refractivity contribution < 1.29 is 13.9 Å². The Kier molecular flexibility index (Phi) is 6.59. The minimum absolute atomic E-state index is 0.247. The van der Waals surface area contributed by atoms with Crippen molar-refractivity contribution in [3.05, 3.63) is 83.6 Å². The molecule has 4 rings (SSSR count). The predicted octanol–water partition coefficient (Wildman–Crippen LogP) is 5.60. The number of furan rings is 1. The molecule has 166 valence electrons. The summed E-state index contributed by atoms with van der Waals surface area (Å²) >= 11 is 0. The van der Waals surface area contributed by atoms with Crippen LogP contribution >= 0.6 is 0 Å². The smallest absolute Gasteiger partial charge is 0.287 e. The lowest BCUT2D eigenvalue weighted by Gasteiger charge is -2.16. The summed E-state index contributed by atoms with van der Waals surface area (Å²) in [5, 5.41) is 2.99. The fourth-order valence-corrected chi connectivity index (χ4v) is 3.97. The molecule has 1 atom stereocenters. The Balaban J connectivity index is 1.43. The maximum absolute atomic E-state index is 12.4. The molecule has 6 nitrogen and oxygen atoms in total. The Morgan fingerprint density at radius 1 is 1.06 bits per heavy atom. The van der Waals surface area contributed by atoms with Gasteiger partial charge in [-0.15, -0.1) is 0 Å². The number of para-hydroxylation sites is 3. The van der Waals surface area contributed by atoms with Crippen LogP contribution in [0.25, 0.3) is 11.0 Å². The second-order valence-corrected chi connectivity index (χ2v) is 8.06. The van der Waals surface area contributed by atoms with Gasteiger partial charge in [0.25, 0.3) is 5.91 Å². The zero-order valence-electron chi connectivity index (χ0n) is 18.8. The number of carbonyl (C=O) groups excluding carboxylic acids is 1. The molecule has 4 aromatic rings. The number of nitrogens with one attached hydrogen (secondary N) is 1. The van der Waals surface area contributed by atoms with Gasteiger partial charge >= 0.3 is 0 Å². The molecule has 6 heteroatoms. The summed E-state index contributed by atoms with van der Waals surface area (Å²) in [7, 11) is 0. The lowest BCUT2D eigenvalue weighted by atomic mass is 10.1. The van der Waals surface area contributed by atoms with Crippen LogP contribution in [0.4, 0.5) is 0 Å². The SMILES string of the molecule is Cc1cccc(C)c1OCCCCn1c(C(C)NC(=O)c2ccco2)nc2ccccc21. The summed E-state index contributed by atoms with van der Waals surface area (Å²) in [6, 6.07) is 17.4. The van der Waals surface area contributed by atoms with E-state index in [1.54, 1.807) is 12.1 Å². The largest absolute Gasteiger partial charge is 0.493 e. The summed E-state index contributed by atoms with van der Waals surface area (Å²) in [6.45, 7) is 7.56. The molecule has 0 aliphatic carbocycles. The molecule has 0 aliphatic rings. The number of benzene rings is 2. The highest BCUT2D eigenvalue weighted by Crippen LogP contribution is 2.24. The minimum Gasteiger partial charge on any atom is -0.493 e. The molecule has 2 heterocycles. The second kappa shape index (κ2) is 9.73. The van der Waals surface area contributed by atoms with Gasteiger partial charge in [0.2, 0.25) is 0 Å². The molecule has 0 bridgehead atoms. The van der Waals surface area contributed by atoms with Crippen molar-refractivity contribution in [1.29, 1.82) is 0 Å². The van der Waals surface area contributed by atoms with Crippen molar-refractivity contribution >= 4 is 16.9 Å². The van der Waals surface area contributed by atoms with Crippen LogP contribution in [0.3, 0.4) is 0 Å². The van der Waals surface area contributed by atoms with Gasteiger partial charge in [-0.1, -0.05) is 30.3 Å². The van der Waals surface area contributed by atoms with Crippen molar-refractivity contribution in [2.75, 3.05) is 6.61 Å². The van der Waals surface area contributed by atoms with Crippen LogP contribution in [-0.2, 0) is 6.54 Å². The van der Waals surface area contributed by atoms with E-state index in [4.69, 9.17) is 14.1 Å². The van der Waals surface area contributed by atoms with Crippen LogP contribution in [0.15, 0.2) is 65.3 Å². The van der Waals surface area contributed by atoms with Crippen molar-refractivity contribution in [3.8, 4) is 5.75 Å². The first kappa shape index (κ1) is 21.7. The van der Waals surface area contributed by atoms with E-state index in [1.165, 1.54) is 6.26 Å². The molecule has 0 aliphatic heterocycles. The number of carbonyl (C=O) groups is 1. The molecule has 0 spiro atoms. The molecule has 0 saturated carbocycles. The van der Waals surface area contributed by atoms with E-state index < -0.39 is 0 Å². The lowest BCUT2D eigenvalue weighted by molar-refractivity contribution is 0.0909. The number of amides is 1. The number of fused-ring (bicyclic) bond motifs is 1. The first-order valence-corrected chi connectivity index (χ1v) is 11.0. The van der Waals surface area contributed by atoms with Gasteiger partial charge in [-0.2, -0.15) is 0 Å². The Hall–Kier alpha value is -3.54. The van der Waals surface area contributed by atoms with Crippen LogP contribution in [0, 0.1) is 13.8 Å². The summed E-state index contributed by atoms with van der Waals surface area (Å²) in [5.41, 5.74) is 4.31. The van der Waals surface area contributed by atoms with E-state index in [0.29, 0.717) is 12.4 Å². The number of ether oxygens (including phenoxy) is 1. The van der Waals surface area contributed by atoms with Gasteiger partial charge in [0.1, 0.15) is 11.6 Å². The molecule has 1 amide bonds. The molecular weight excluding hydrogens is 402 g/mol. The molecule has 0 saturated heterocycles. The van der Waals surface area contributed by atoms with Crippen LogP contribution in [-0.4, -0.2) is 22.1 Å². The number of nitrogens with zero attached hydrogens (tertiary/aromatic N) is 2. The average molecular weight is 432 g/mol. The number of aryl methyl sites for hydroxylation is 3. The topological polar surface area (TPSA) is 69.3 Å².